The third-order valence-corrected chi connectivity index (χ3v) is 3.62. The minimum atomic E-state index is -0.525. The molecule has 2 rings (SSSR count). The fourth-order valence-corrected chi connectivity index (χ4v) is 2.54. The lowest BCUT2D eigenvalue weighted by molar-refractivity contribution is 0.247. The smallest absolute Gasteiger partial charge is 0.312 e. The van der Waals surface area contributed by atoms with E-state index in [9.17, 15) is 4.79 Å². The van der Waals surface area contributed by atoms with Crippen LogP contribution in [-0.2, 0) is 0 Å². The number of amides is 2. The third kappa shape index (κ3) is 3.01. The second-order valence-electron chi connectivity index (χ2n) is 3.87. The van der Waals surface area contributed by atoms with E-state index >= 15 is 0 Å². The van der Waals surface area contributed by atoms with Gasteiger partial charge in [-0.25, -0.2) is 4.79 Å². The minimum absolute atomic E-state index is 0.211. The maximum Gasteiger partial charge on any atom is 0.312 e. The number of hydrogen-bond donors (Lipinski definition) is 2. The number of carbonyl (C=O) groups excluding carboxylic acids is 1. The first-order valence-corrected chi connectivity index (χ1v) is 6.61. The normalized spacial score (nSPS) is 11.8. The molecule has 0 bridgehead atoms. The molecule has 0 saturated heterocycles. The lowest BCUT2D eigenvalue weighted by Gasteiger charge is -2.19. The highest BCUT2D eigenvalue weighted by Crippen LogP contribution is 2.25. The van der Waals surface area contributed by atoms with Crippen LogP contribution in [0.25, 0.3) is 0 Å². The first-order valence-electron chi connectivity index (χ1n) is 5.54. The molecule has 0 unspecified atom stereocenters. The average molecular weight is 352 g/mol. The molecule has 2 amide bonds. The van der Waals surface area contributed by atoms with Crippen LogP contribution in [0.15, 0.2) is 54.6 Å². The summed E-state index contributed by atoms with van der Waals surface area (Å²) >= 11 is 2.26. The number of hydrogen-bond acceptors (Lipinski definition) is 1. The standard InChI is InChI=1S/C14H13IN2O/c15-12-9-5-4-8-11(12)13(17-14(16)18)10-6-2-1-3-7-10/h1-9,13H,(H3,16,17,18)/t13-/m1/s1. The molecule has 0 radical (unpaired) electrons. The minimum Gasteiger partial charge on any atom is -0.352 e. The number of benzene rings is 2. The summed E-state index contributed by atoms with van der Waals surface area (Å²) in [7, 11) is 0. The molecule has 0 aliphatic rings. The summed E-state index contributed by atoms with van der Waals surface area (Å²) in [6, 6.07) is 17.0. The summed E-state index contributed by atoms with van der Waals surface area (Å²) in [5, 5.41) is 2.79. The largest absolute Gasteiger partial charge is 0.352 e. The highest BCUT2D eigenvalue weighted by atomic mass is 127. The summed E-state index contributed by atoms with van der Waals surface area (Å²) in [5.74, 6) is 0. The quantitative estimate of drug-likeness (QED) is 0.820. The number of urea groups is 1. The summed E-state index contributed by atoms with van der Waals surface area (Å²) in [5.41, 5.74) is 7.32. The van der Waals surface area contributed by atoms with Gasteiger partial charge in [0, 0.05) is 3.57 Å². The van der Waals surface area contributed by atoms with Crippen molar-refractivity contribution in [1.29, 1.82) is 0 Å². The molecule has 0 fully saturated rings. The molecule has 0 aromatic heterocycles. The Hall–Kier alpha value is -1.56. The Kier molecular flexibility index (Phi) is 4.19. The highest BCUT2D eigenvalue weighted by Gasteiger charge is 2.17. The summed E-state index contributed by atoms with van der Waals surface area (Å²) in [6.45, 7) is 0. The highest BCUT2D eigenvalue weighted by molar-refractivity contribution is 14.1. The molecule has 18 heavy (non-hydrogen) atoms. The van der Waals surface area contributed by atoms with E-state index in [0.29, 0.717) is 0 Å². The van der Waals surface area contributed by atoms with Crippen LogP contribution >= 0.6 is 22.6 Å². The van der Waals surface area contributed by atoms with Gasteiger partial charge in [-0.2, -0.15) is 0 Å². The van der Waals surface area contributed by atoms with E-state index in [1.165, 1.54) is 0 Å². The molecule has 0 heterocycles. The van der Waals surface area contributed by atoms with Gasteiger partial charge in [0.25, 0.3) is 0 Å². The van der Waals surface area contributed by atoms with E-state index < -0.39 is 6.03 Å². The first kappa shape index (κ1) is 12.9. The summed E-state index contributed by atoms with van der Waals surface area (Å²) in [6.07, 6.45) is 0. The fraction of sp³-hybridized carbons (Fsp3) is 0.0714. The lowest BCUT2D eigenvalue weighted by Crippen LogP contribution is -2.34. The van der Waals surface area contributed by atoms with Crippen LogP contribution in [0.1, 0.15) is 17.2 Å². The first-order chi connectivity index (χ1) is 8.68. The van der Waals surface area contributed by atoms with Gasteiger partial charge in [0.05, 0.1) is 6.04 Å². The molecular weight excluding hydrogens is 339 g/mol. The second-order valence-corrected chi connectivity index (χ2v) is 5.04. The van der Waals surface area contributed by atoms with Gasteiger partial charge in [0.2, 0.25) is 0 Å². The van der Waals surface area contributed by atoms with Gasteiger partial charge in [0.15, 0.2) is 0 Å². The van der Waals surface area contributed by atoms with Crippen molar-refractivity contribution in [3.8, 4) is 0 Å². The number of rotatable bonds is 3. The van der Waals surface area contributed by atoms with Gasteiger partial charge in [-0.3, -0.25) is 0 Å². The molecule has 4 heteroatoms. The summed E-state index contributed by atoms with van der Waals surface area (Å²) in [4.78, 5) is 11.2. The number of nitrogens with two attached hydrogens (primary N) is 1. The second kappa shape index (κ2) is 5.86. The zero-order chi connectivity index (χ0) is 13.0. The molecule has 2 aromatic carbocycles. The Morgan fingerprint density at radius 1 is 1.06 bits per heavy atom. The molecule has 92 valence electrons. The van der Waals surface area contributed by atoms with E-state index in [1.807, 2.05) is 54.6 Å². The van der Waals surface area contributed by atoms with Crippen LogP contribution in [0.4, 0.5) is 4.79 Å². The zero-order valence-corrected chi connectivity index (χ0v) is 11.8. The Labute approximate surface area is 120 Å². The van der Waals surface area contributed by atoms with E-state index in [0.717, 1.165) is 14.7 Å². The van der Waals surface area contributed by atoms with Crippen LogP contribution in [-0.4, -0.2) is 6.03 Å². The topological polar surface area (TPSA) is 55.1 Å². The molecule has 3 N–H and O–H groups in total. The molecule has 2 aromatic rings. The Morgan fingerprint density at radius 3 is 2.28 bits per heavy atom. The predicted molar refractivity (Wildman–Crippen MR) is 80.2 cm³/mol. The number of carbonyl (C=O) groups is 1. The molecule has 3 nitrogen and oxygen atoms in total. The van der Waals surface area contributed by atoms with Crippen LogP contribution < -0.4 is 11.1 Å². The van der Waals surface area contributed by atoms with Crippen molar-refractivity contribution >= 4 is 28.6 Å². The zero-order valence-electron chi connectivity index (χ0n) is 9.64. The van der Waals surface area contributed by atoms with Crippen molar-refractivity contribution in [3.05, 3.63) is 69.3 Å². The number of primary amides is 1. The monoisotopic (exact) mass is 352 g/mol. The van der Waals surface area contributed by atoms with Crippen molar-refractivity contribution in [2.45, 2.75) is 6.04 Å². The van der Waals surface area contributed by atoms with Crippen LogP contribution in [0.5, 0.6) is 0 Å². The van der Waals surface area contributed by atoms with Crippen molar-refractivity contribution < 1.29 is 4.79 Å². The molecule has 0 aliphatic heterocycles. The molecule has 0 aliphatic carbocycles. The van der Waals surface area contributed by atoms with Gasteiger partial charge in [-0.15, -0.1) is 0 Å². The predicted octanol–water partition coefficient (Wildman–Crippen LogP) is 3.05. The van der Waals surface area contributed by atoms with Crippen molar-refractivity contribution in [2.75, 3.05) is 0 Å². The Morgan fingerprint density at radius 2 is 1.67 bits per heavy atom. The molecule has 0 spiro atoms. The van der Waals surface area contributed by atoms with Crippen LogP contribution in [0, 0.1) is 3.57 Å². The molecule has 0 saturated carbocycles. The fourth-order valence-electron chi connectivity index (χ4n) is 1.84. The number of halogens is 1. The van der Waals surface area contributed by atoms with Gasteiger partial charge < -0.3 is 11.1 Å². The van der Waals surface area contributed by atoms with E-state index in [-0.39, 0.29) is 6.04 Å². The third-order valence-electron chi connectivity index (χ3n) is 2.64. The van der Waals surface area contributed by atoms with E-state index in [1.54, 1.807) is 0 Å². The molecule has 1 atom stereocenters. The van der Waals surface area contributed by atoms with E-state index in [4.69, 9.17) is 5.73 Å². The van der Waals surface area contributed by atoms with Crippen molar-refractivity contribution in [2.24, 2.45) is 5.73 Å². The van der Waals surface area contributed by atoms with Crippen LogP contribution in [0.2, 0.25) is 0 Å². The van der Waals surface area contributed by atoms with Crippen LogP contribution in [0.3, 0.4) is 0 Å². The van der Waals surface area contributed by atoms with E-state index in [2.05, 4.69) is 27.9 Å². The maximum atomic E-state index is 11.2. The van der Waals surface area contributed by atoms with Gasteiger partial charge in [-0.1, -0.05) is 48.5 Å². The molecular formula is C14H13IN2O. The van der Waals surface area contributed by atoms with Gasteiger partial charge >= 0.3 is 6.03 Å². The SMILES string of the molecule is NC(=O)N[C@H](c1ccccc1)c1ccccc1I. The van der Waals surface area contributed by atoms with Crippen molar-refractivity contribution in [1.82, 2.24) is 5.32 Å². The van der Waals surface area contributed by atoms with Crippen molar-refractivity contribution in [3.63, 3.8) is 0 Å². The Balaban J connectivity index is 2.44. The average Bonchev–Trinajstić information content (AvgIpc) is 2.38. The number of nitrogens with one attached hydrogen (secondary N) is 1. The maximum absolute atomic E-state index is 11.2. The Bertz CT molecular complexity index is 543. The van der Waals surface area contributed by atoms with Gasteiger partial charge in [0.1, 0.15) is 0 Å². The lowest BCUT2D eigenvalue weighted by atomic mass is 9.99. The van der Waals surface area contributed by atoms with Gasteiger partial charge in [-0.05, 0) is 39.8 Å². The summed E-state index contributed by atoms with van der Waals surface area (Å²) < 4.78 is 1.10.